The van der Waals surface area contributed by atoms with Gasteiger partial charge in [-0.3, -0.25) is 4.79 Å². The summed E-state index contributed by atoms with van der Waals surface area (Å²) < 4.78 is 1.46. The zero-order valence-corrected chi connectivity index (χ0v) is 15.9. The molecule has 1 aromatic carbocycles. The first-order valence-electron chi connectivity index (χ1n) is 7.96. The van der Waals surface area contributed by atoms with Crippen LogP contribution in [0.3, 0.4) is 0 Å². The number of nitrogens with zero attached hydrogens (tertiary/aromatic N) is 3. The first-order valence-corrected chi connectivity index (χ1v) is 8.84. The number of nitrogen functional groups attached to an aromatic ring is 1. The Balaban J connectivity index is 2.11. The molecule has 24 heavy (non-hydrogen) atoms. The highest BCUT2D eigenvalue weighted by molar-refractivity contribution is 8.00. The molecule has 3 N–H and O–H groups in total. The Morgan fingerprint density at radius 3 is 2.25 bits per heavy atom. The maximum atomic E-state index is 12.5. The second kappa shape index (κ2) is 7.25. The van der Waals surface area contributed by atoms with E-state index in [1.807, 2.05) is 41.5 Å². The van der Waals surface area contributed by atoms with Crippen molar-refractivity contribution in [1.82, 2.24) is 14.9 Å². The van der Waals surface area contributed by atoms with Crippen LogP contribution < -0.4 is 11.2 Å². The Kier molecular flexibility index (Phi) is 5.54. The van der Waals surface area contributed by atoms with Gasteiger partial charge < -0.3 is 11.2 Å². The molecule has 0 unspecified atom stereocenters. The van der Waals surface area contributed by atoms with E-state index in [4.69, 9.17) is 5.84 Å². The van der Waals surface area contributed by atoms with E-state index in [9.17, 15) is 4.79 Å². The number of thioether (sulfide) groups is 1. The van der Waals surface area contributed by atoms with E-state index < -0.39 is 0 Å². The molecule has 0 saturated carbocycles. The molecule has 0 aliphatic rings. The number of aromatic nitrogens is 3. The van der Waals surface area contributed by atoms with Gasteiger partial charge in [-0.15, -0.1) is 10.2 Å². The molecule has 1 heterocycles. The maximum absolute atomic E-state index is 12.5. The van der Waals surface area contributed by atoms with Crippen LogP contribution in [0.25, 0.3) is 0 Å². The Morgan fingerprint density at radius 1 is 1.17 bits per heavy atom. The molecular formula is C17H25N5OS. The average Bonchev–Trinajstić information content (AvgIpc) is 2.83. The van der Waals surface area contributed by atoms with Gasteiger partial charge in [-0.05, 0) is 38.8 Å². The van der Waals surface area contributed by atoms with Crippen molar-refractivity contribution < 1.29 is 4.79 Å². The van der Waals surface area contributed by atoms with Crippen LogP contribution in [0.5, 0.6) is 0 Å². The summed E-state index contributed by atoms with van der Waals surface area (Å²) in [7, 11) is 0. The minimum absolute atomic E-state index is 0.0795. The van der Waals surface area contributed by atoms with Crippen molar-refractivity contribution in [3.05, 3.63) is 34.6 Å². The molecule has 2 rings (SSSR count). The minimum Gasteiger partial charge on any atom is -0.336 e. The molecule has 2 aromatic rings. The topological polar surface area (TPSA) is 85.8 Å². The lowest BCUT2D eigenvalue weighted by Crippen LogP contribution is -2.24. The smallest absolute Gasteiger partial charge is 0.237 e. The number of carbonyl (C=O) groups is 1. The molecule has 0 saturated heterocycles. The number of hydrogen-bond acceptors (Lipinski definition) is 5. The summed E-state index contributed by atoms with van der Waals surface area (Å²) in [6.45, 7) is 11.9. The van der Waals surface area contributed by atoms with Crippen molar-refractivity contribution in [3.63, 3.8) is 0 Å². The number of nitrogens with two attached hydrogens (primary N) is 1. The summed E-state index contributed by atoms with van der Waals surface area (Å²) in [4.78, 5) is 12.5. The van der Waals surface area contributed by atoms with Crippen LogP contribution in [0.4, 0.5) is 5.69 Å². The standard InChI is InChI=1S/C17H25N5OS/c1-9(2)15-20-21-17(22(15)18)24-13(6)16(23)19-14-11(4)7-10(3)8-12(14)5/h7-9,13H,18H2,1-6H3,(H,19,23)/t13-/m1/s1. The average molecular weight is 347 g/mol. The zero-order valence-electron chi connectivity index (χ0n) is 15.0. The van der Waals surface area contributed by atoms with Gasteiger partial charge in [-0.1, -0.05) is 43.3 Å². The fourth-order valence-corrected chi connectivity index (χ4v) is 3.35. The summed E-state index contributed by atoms with van der Waals surface area (Å²) in [5, 5.41) is 11.4. The van der Waals surface area contributed by atoms with Crippen LogP contribution in [-0.4, -0.2) is 26.0 Å². The van der Waals surface area contributed by atoms with Crippen LogP contribution in [0.15, 0.2) is 17.3 Å². The molecule has 6 nitrogen and oxygen atoms in total. The van der Waals surface area contributed by atoms with Gasteiger partial charge in [0.1, 0.15) is 0 Å². The number of amides is 1. The van der Waals surface area contributed by atoms with Crippen molar-refractivity contribution >= 4 is 23.4 Å². The number of carbonyl (C=O) groups excluding carboxylic acids is 1. The van der Waals surface area contributed by atoms with E-state index >= 15 is 0 Å². The summed E-state index contributed by atoms with van der Waals surface area (Å²) in [6.07, 6.45) is 0. The normalized spacial score (nSPS) is 12.5. The molecule has 1 aromatic heterocycles. The SMILES string of the molecule is Cc1cc(C)c(NC(=O)[C@@H](C)Sc2nnc(C(C)C)n2N)c(C)c1. The van der Waals surface area contributed by atoms with Gasteiger partial charge in [0.2, 0.25) is 11.1 Å². The third-order valence-corrected chi connectivity index (χ3v) is 4.84. The summed E-state index contributed by atoms with van der Waals surface area (Å²) in [5.74, 6) is 6.81. The zero-order chi connectivity index (χ0) is 18.0. The molecule has 0 spiro atoms. The number of aryl methyl sites for hydroxylation is 3. The lowest BCUT2D eigenvalue weighted by Gasteiger charge is -2.16. The Labute approximate surface area is 147 Å². The van der Waals surface area contributed by atoms with E-state index in [0.717, 1.165) is 16.8 Å². The molecule has 1 amide bonds. The molecular weight excluding hydrogens is 322 g/mol. The Bertz CT molecular complexity index is 730. The van der Waals surface area contributed by atoms with Crippen LogP contribution >= 0.6 is 11.8 Å². The highest BCUT2D eigenvalue weighted by atomic mass is 32.2. The number of benzene rings is 1. The van der Waals surface area contributed by atoms with Gasteiger partial charge in [-0.2, -0.15) is 0 Å². The van der Waals surface area contributed by atoms with Crippen molar-refractivity contribution in [3.8, 4) is 0 Å². The summed E-state index contributed by atoms with van der Waals surface area (Å²) in [6, 6.07) is 4.12. The van der Waals surface area contributed by atoms with E-state index in [2.05, 4.69) is 27.6 Å². The number of rotatable bonds is 5. The van der Waals surface area contributed by atoms with E-state index in [1.54, 1.807) is 0 Å². The van der Waals surface area contributed by atoms with E-state index in [0.29, 0.717) is 11.0 Å². The van der Waals surface area contributed by atoms with Crippen molar-refractivity contribution in [2.45, 2.75) is 57.9 Å². The fourth-order valence-electron chi connectivity index (χ4n) is 2.58. The second-order valence-electron chi connectivity index (χ2n) is 6.39. The maximum Gasteiger partial charge on any atom is 0.237 e. The lowest BCUT2D eigenvalue weighted by atomic mass is 10.1. The van der Waals surface area contributed by atoms with Crippen molar-refractivity contribution in [2.24, 2.45) is 0 Å². The van der Waals surface area contributed by atoms with Gasteiger partial charge in [0, 0.05) is 11.6 Å². The fraction of sp³-hybridized carbons (Fsp3) is 0.471. The first kappa shape index (κ1) is 18.3. The summed E-state index contributed by atoms with van der Waals surface area (Å²) >= 11 is 1.30. The Morgan fingerprint density at radius 2 is 1.75 bits per heavy atom. The predicted octanol–water partition coefficient (Wildman–Crippen LogP) is 3.16. The Hall–Kier alpha value is -2.02. The quantitative estimate of drug-likeness (QED) is 0.641. The highest BCUT2D eigenvalue weighted by Crippen LogP contribution is 2.26. The third-order valence-electron chi connectivity index (χ3n) is 3.78. The van der Waals surface area contributed by atoms with Crippen LogP contribution in [0, 0.1) is 20.8 Å². The lowest BCUT2D eigenvalue weighted by molar-refractivity contribution is -0.115. The molecule has 0 fully saturated rings. The molecule has 0 radical (unpaired) electrons. The van der Waals surface area contributed by atoms with E-state index in [1.165, 1.54) is 22.0 Å². The number of nitrogens with one attached hydrogen (secondary N) is 1. The molecule has 0 bridgehead atoms. The van der Waals surface area contributed by atoms with Gasteiger partial charge in [0.15, 0.2) is 5.82 Å². The molecule has 1 atom stereocenters. The molecule has 130 valence electrons. The largest absolute Gasteiger partial charge is 0.336 e. The third kappa shape index (κ3) is 3.90. The number of hydrogen-bond donors (Lipinski definition) is 2. The predicted molar refractivity (Wildman–Crippen MR) is 98.9 cm³/mol. The van der Waals surface area contributed by atoms with Gasteiger partial charge in [-0.25, -0.2) is 4.68 Å². The molecule has 0 aliphatic heterocycles. The second-order valence-corrected chi connectivity index (χ2v) is 7.70. The number of anilines is 1. The van der Waals surface area contributed by atoms with Gasteiger partial charge in [0.05, 0.1) is 5.25 Å². The van der Waals surface area contributed by atoms with Crippen molar-refractivity contribution in [1.29, 1.82) is 0 Å². The molecule has 0 aliphatic carbocycles. The summed E-state index contributed by atoms with van der Waals surface area (Å²) in [5.41, 5.74) is 4.17. The first-order chi connectivity index (χ1) is 11.2. The van der Waals surface area contributed by atoms with Gasteiger partial charge in [0.25, 0.3) is 0 Å². The van der Waals surface area contributed by atoms with Crippen LogP contribution in [0.2, 0.25) is 0 Å². The van der Waals surface area contributed by atoms with Crippen LogP contribution in [-0.2, 0) is 4.79 Å². The van der Waals surface area contributed by atoms with Gasteiger partial charge >= 0.3 is 0 Å². The van der Waals surface area contributed by atoms with Crippen LogP contribution in [0.1, 0.15) is 49.2 Å². The highest BCUT2D eigenvalue weighted by Gasteiger charge is 2.21. The minimum atomic E-state index is -0.336. The van der Waals surface area contributed by atoms with E-state index in [-0.39, 0.29) is 17.1 Å². The van der Waals surface area contributed by atoms with Crippen molar-refractivity contribution in [2.75, 3.05) is 11.2 Å². The monoisotopic (exact) mass is 347 g/mol. The molecule has 7 heteroatoms.